The SMILES string of the molecule is CN(Cc1cccc(OC(F)(F)F)c1)C(=O)CNC(=O)CN.Cl. The predicted octanol–water partition coefficient (Wildman–Crippen LogP) is 1.04. The molecule has 23 heavy (non-hydrogen) atoms. The van der Waals surface area contributed by atoms with Gasteiger partial charge in [-0.25, -0.2) is 0 Å². The van der Waals surface area contributed by atoms with E-state index >= 15 is 0 Å². The number of nitrogens with zero attached hydrogens (tertiary/aromatic N) is 1. The zero-order valence-electron chi connectivity index (χ0n) is 12.2. The van der Waals surface area contributed by atoms with E-state index in [4.69, 9.17) is 5.73 Å². The summed E-state index contributed by atoms with van der Waals surface area (Å²) in [5, 5.41) is 2.31. The molecular weight excluding hydrogens is 339 g/mol. The second kappa shape index (κ2) is 9.21. The van der Waals surface area contributed by atoms with Gasteiger partial charge < -0.3 is 20.7 Å². The van der Waals surface area contributed by atoms with Crippen molar-refractivity contribution in [2.75, 3.05) is 20.1 Å². The number of rotatable bonds is 6. The first kappa shape index (κ1) is 21.0. The molecule has 0 fully saturated rings. The maximum Gasteiger partial charge on any atom is 0.573 e. The Morgan fingerprint density at radius 2 is 2.00 bits per heavy atom. The molecule has 1 rings (SSSR count). The molecule has 0 radical (unpaired) electrons. The molecule has 1 aromatic carbocycles. The van der Waals surface area contributed by atoms with Crippen LogP contribution in [0.3, 0.4) is 0 Å². The van der Waals surface area contributed by atoms with Crippen LogP contribution in [0.4, 0.5) is 13.2 Å². The van der Waals surface area contributed by atoms with Crippen molar-refractivity contribution in [3.8, 4) is 5.75 Å². The summed E-state index contributed by atoms with van der Waals surface area (Å²) in [6.07, 6.45) is -4.77. The average Bonchev–Trinajstić information content (AvgIpc) is 2.42. The minimum atomic E-state index is -4.77. The van der Waals surface area contributed by atoms with E-state index in [-0.39, 0.29) is 37.8 Å². The van der Waals surface area contributed by atoms with Crippen LogP contribution in [0, 0.1) is 0 Å². The van der Waals surface area contributed by atoms with Crippen LogP contribution in [0.2, 0.25) is 0 Å². The first-order valence-corrected chi connectivity index (χ1v) is 6.26. The highest BCUT2D eigenvalue weighted by Gasteiger charge is 2.31. The normalized spacial score (nSPS) is 10.5. The summed E-state index contributed by atoms with van der Waals surface area (Å²) in [4.78, 5) is 24.0. The van der Waals surface area contributed by atoms with Crippen molar-refractivity contribution in [2.24, 2.45) is 5.73 Å². The third kappa shape index (κ3) is 8.27. The van der Waals surface area contributed by atoms with Gasteiger partial charge in [0.1, 0.15) is 5.75 Å². The number of alkyl halides is 3. The number of carbonyl (C=O) groups is 2. The summed E-state index contributed by atoms with van der Waals surface area (Å²) >= 11 is 0. The third-order valence-electron chi connectivity index (χ3n) is 2.60. The van der Waals surface area contributed by atoms with Gasteiger partial charge in [-0.05, 0) is 17.7 Å². The lowest BCUT2D eigenvalue weighted by Gasteiger charge is -2.18. The highest BCUT2D eigenvalue weighted by Crippen LogP contribution is 2.23. The zero-order chi connectivity index (χ0) is 16.8. The number of hydrogen-bond acceptors (Lipinski definition) is 4. The quantitative estimate of drug-likeness (QED) is 0.798. The van der Waals surface area contributed by atoms with Gasteiger partial charge in [0, 0.05) is 13.6 Å². The molecule has 0 heterocycles. The van der Waals surface area contributed by atoms with Crippen molar-refractivity contribution < 1.29 is 27.5 Å². The van der Waals surface area contributed by atoms with Crippen LogP contribution in [0.25, 0.3) is 0 Å². The number of benzene rings is 1. The Morgan fingerprint density at radius 3 is 2.57 bits per heavy atom. The molecule has 0 unspecified atom stereocenters. The predicted molar refractivity (Wildman–Crippen MR) is 78.9 cm³/mol. The molecule has 0 aliphatic carbocycles. The number of ether oxygens (including phenoxy) is 1. The van der Waals surface area contributed by atoms with Crippen LogP contribution in [-0.2, 0) is 16.1 Å². The van der Waals surface area contributed by atoms with Gasteiger partial charge in [0.15, 0.2) is 0 Å². The van der Waals surface area contributed by atoms with Gasteiger partial charge in [-0.15, -0.1) is 25.6 Å². The molecule has 10 heteroatoms. The molecule has 0 saturated heterocycles. The van der Waals surface area contributed by atoms with Gasteiger partial charge in [-0.2, -0.15) is 0 Å². The summed E-state index contributed by atoms with van der Waals surface area (Å²) < 4.78 is 40.2. The van der Waals surface area contributed by atoms with E-state index in [0.29, 0.717) is 5.56 Å². The molecule has 0 aliphatic rings. The fourth-order valence-corrected chi connectivity index (χ4v) is 1.58. The van der Waals surface area contributed by atoms with E-state index in [2.05, 4.69) is 10.1 Å². The number of carbonyl (C=O) groups excluding carboxylic acids is 2. The second-order valence-corrected chi connectivity index (χ2v) is 4.43. The van der Waals surface area contributed by atoms with E-state index < -0.39 is 18.2 Å². The summed E-state index contributed by atoms with van der Waals surface area (Å²) in [7, 11) is 1.47. The summed E-state index contributed by atoms with van der Waals surface area (Å²) in [6.45, 7) is -0.383. The van der Waals surface area contributed by atoms with Crippen molar-refractivity contribution in [1.82, 2.24) is 10.2 Å². The monoisotopic (exact) mass is 355 g/mol. The fraction of sp³-hybridized carbons (Fsp3) is 0.385. The van der Waals surface area contributed by atoms with Crippen molar-refractivity contribution in [2.45, 2.75) is 12.9 Å². The van der Waals surface area contributed by atoms with Crippen molar-refractivity contribution in [3.63, 3.8) is 0 Å². The second-order valence-electron chi connectivity index (χ2n) is 4.43. The van der Waals surface area contributed by atoms with Gasteiger partial charge in [0.25, 0.3) is 0 Å². The van der Waals surface area contributed by atoms with Crippen LogP contribution in [0.1, 0.15) is 5.56 Å². The Labute approximate surface area is 137 Å². The van der Waals surface area contributed by atoms with Crippen LogP contribution in [-0.4, -0.2) is 43.2 Å². The molecule has 6 nitrogen and oxygen atoms in total. The number of nitrogens with two attached hydrogens (primary N) is 1. The number of likely N-dealkylation sites (N-methyl/N-ethyl adjacent to an activating group) is 1. The largest absolute Gasteiger partial charge is 0.573 e. The minimum absolute atomic E-state index is 0. The molecule has 3 N–H and O–H groups in total. The van der Waals surface area contributed by atoms with E-state index in [0.717, 1.165) is 0 Å². The molecule has 1 aromatic rings. The van der Waals surface area contributed by atoms with E-state index in [9.17, 15) is 22.8 Å². The number of hydrogen-bond donors (Lipinski definition) is 2. The van der Waals surface area contributed by atoms with Gasteiger partial charge in [0.2, 0.25) is 11.8 Å². The van der Waals surface area contributed by atoms with Crippen molar-refractivity contribution >= 4 is 24.2 Å². The molecule has 0 bridgehead atoms. The summed E-state index contributed by atoms with van der Waals surface area (Å²) in [6, 6.07) is 5.31. The third-order valence-corrected chi connectivity index (χ3v) is 2.60. The average molecular weight is 356 g/mol. The van der Waals surface area contributed by atoms with Crippen molar-refractivity contribution in [1.29, 1.82) is 0 Å². The summed E-state index contributed by atoms with van der Waals surface area (Å²) in [5.41, 5.74) is 5.54. The molecule has 130 valence electrons. The van der Waals surface area contributed by atoms with E-state index in [1.165, 1.54) is 30.1 Å². The maximum absolute atomic E-state index is 12.1. The van der Waals surface area contributed by atoms with Gasteiger partial charge >= 0.3 is 6.36 Å². The van der Waals surface area contributed by atoms with Crippen LogP contribution >= 0.6 is 12.4 Å². The van der Waals surface area contributed by atoms with Gasteiger partial charge in [-0.1, -0.05) is 12.1 Å². The highest BCUT2D eigenvalue weighted by atomic mass is 35.5. The molecule has 0 spiro atoms. The minimum Gasteiger partial charge on any atom is -0.406 e. The molecule has 0 atom stereocenters. The van der Waals surface area contributed by atoms with E-state index in [1.54, 1.807) is 6.07 Å². The first-order chi connectivity index (χ1) is 10.2. The number of halogens is 4. The van der Waals surface area contributed by atoms with Crippen LogP contribution in [0.15, 0.2) is 24.3 Å². The standard InChI is InChI=1S/C13H16F3N3O3.ClH/c1-19(12(21)7-18-11(20)6-17)8-9-3-2-4-10(5-9)22-13(14,15)16;/h2-5H,6-8,17H2,1H3,(H,18,20);1H. The first-order valence-electron chi connectivity index (χ1n) is 6.26. The molecule has 0 saturated carbocycles. The Morgan fingerprint density at radius 1 is 1.35 bits per heavy atom. The molecule has 2 amide bonds. The molecular formula is C13H17ClF3N3O3. The number of amides is 2. The Kier molecular flexibility index (Phi) is 8.41. The Bertz CT molecular complexity index is 541. The van der Waals surface area contributed by atoms with E-state index in [1.807, 2.05) is 0 Å². The van der Waals surface area contributed by atoms with Crippen LogP contribution in [0.5, 0.6) is 5.75 Å². The van der Waals surface area contributed by atoms with Gasteiger partial charge in [0.05, 0.1) is 13.1 Å². The molecule has 0 aliphatic heterocycles. The Balaban J connectivity index is 0.00000484. The zero-order valence-corrected chi connectivity index (χ0v) is 13.0. The topological polar surface area (TPSA) is 84.7 Å². The lowest BCUT2D eigenvalue weighted by molar-refractivity contribution is -0.274. The summed E-state index contributed by atoms with van der Waals surface area (Å²) in [5.74, 6) is -1.23. The highest BCUT2D eigenvalue weighted by molar-refractivity contribution is 5.85. The smallest absolute Gasteiger partial charge is 0.406 e. The maximum atomic E-state index is 12.1. The van der Waals surface area contributed by atoms with Gasteiger partial charge in [-0.3, -0.25) is 9.59 Å². The fourth-order valence-electron chi connectivity index (χ4n) is 1.58. The van der Waals surface area contributed by atoms with Crippen molar-refractivity contribution in [3.05, 3.63) is 29.8 Å². The molecule has 0 aromatic heterocycles. The lowest BCUT2D eigenvalue weighted by atomic mass is 10.2. The van der Waals surface area contributed by atoms with Crippen LogP contribution < -0.4 is 15.8 Å². The Hall–Kier alpha value is -2.00. The lowest BCUT2D eigenvalue weighted by Crippen LogP contribution is -2.40. The number of nitrogens with one attached hydrogen (secondary N) is 1.